The highest BCUT2D eigenvalue weighted by Gasteiger charge is 2.45. The van der Waals surface area contributed by atoms with Crippen molar-refractivity contribution in [3.63, 3.8) is 0 Å². The standard InChI is InChI=1S/C33H34Cl2N6O3/c1-2-41-31-6-4-3-5-30(31)37-32(41)40-17-15-39(16-18-40)25-8-10-26(11-9-25)42-20-27-21-43-33(44-27,22-38-14-13-36-23-38)28-12-7-24(34)19-29(28)35/h3-14,19,23,27H,2,15-18,20-22H2,1H3. The molecule has 0 amide bonds. The van der Waals surface area contributed by atoms with Gasteiger partial charge in [0.15, 0.2) is 0 Å². The first-order valence-electron chi connectivity index (χ1n) is 14.9. The second-order valence-corrected chi connectivity index (χ2v) is 11.9. The van der Waals surface area contributed by atoms with Gasteiger partial charge in [0.2, 0.25) is 11.7 Å². The lowest BCUT2D eigenvalue weighted by Crippen LogP contribution is -2.47. The topological polar surface area (TPSA) is 69.8 Å². The Bertz CT molecular complexity index is 1720. The van der Waals surface area contributed by atoms with E-state index in [4.69, 9.17) is 42.4 Å². The number of anilines is 2. The van der Waals surface area contributed by atoms with E-state index in [1.54, 1.807) is 24.7 Å². The summed E-state index contributed by atoms with van der Waals surface area (Å²) in [5, 5.41) is 1.04. The maximum Gasteiger partial charge on any atom is 0.215 e. The fraction of sp³-hybridized carbons (Fsp3) is 0.333. The first-order chi connectivity index (χ1) is 21.5. The molecule has 0 N–H and O–H groups in total. The number of fused-ring (bicyclic) bond motifs is 1. The number of benzene rings is 3. The summed E-state index contributed by atoms with van der Waals surface area (Å²) in [5.41, 5.74) is 4.14. The van der Waals surface area contributed by atoms with Crippen LogP contribution in [0.2, 0.25) is 10.0 Å². The van der Waals surface area contributed by atoms with Crippen molar-refractivity contribution >= 4 is 45.9 Å². The molecule has 2 aliphatic heterocycles. The van der Waals surface area contributed by atoms with Crippen LogP contribution in [0, 0.1) is 0 Å². The summed E-state index contributed by atoms with van der Waals surface area (Å²) in [5.74, 6) is 0.760. The molecule has 44 heavy (non-hydrogen) atoms. The molecule has 2 aliphatic rings. The summed E-state index contributed by atoms with van der Waals surface area (Å²) in [4.78, 5) is 13.9. The van der Waals surface area contributed by atoms with E-state index in [9.17, 15) is 0 Å². The van der Waals surface area contributed by atoms with E-state index in [0.29, 0.717) is 29.8 Å². The molecule has 2 atom stereocenters. The number of para-hydroxylation sites is 2. The molecule has 2 fully saturated rings. The van der Waals surface area contributed by atoms with Crippen LogP contribution in [0.15, 0.2) is 85.5 Å². The van der Waals surface area contributed by atoms with E-state index in [2.05, 4.69) is 56.6 Å². The van der Waals surface area contributed by atoms with E-state index < -0.39 is 5.79 Å². The van der Waals surface area contributed by atoms with Gasteiger partial charge >= 0.3 is 0 Å². The summed E-state index contributed by atoms with van der Waals surface area (Å²) in [6.07, 6.45) is 5.03. The maximum atomic E-state index is 6.60. The van der Waals surface area contributed by atoms with Crippen LogP contribution >= 0.6 is 23.2 Å². The van der Waals surface area contributed by atoms with Crippen molar-refractivity contribution in [3.8, 4) is 5.75 Å². The molecule has 11 heteroatoms. The van der Waals surface area contributed by atoms with Crippen molar-refractivity contribution < 1.29 is 14.2 Å². The molecule has 0 bridgehead atoms. The van der Waals surface area contributed by atoms with E-state index in [-0.39, 0.29) is 6.10 Å². The Morgan fingerprint density at radius 2 is 1.77 bits per heavy atom. The maximum absolute atomic E-state index is 6.60. The predicted molar refractivity (Wildman–Crippen MR) is 173 cm³/mol. The molecule has 2 aromatic heterocycles. The summed E-state index contributed by atoms with van der Waals surface area (Å²) >= 11 is 12.8. The second kappa shape index (κ2) is 12.3. The van der Waals surface area contributed by atoms with Gasteiger partial charge in [-0.2, -0.15) is 0 Å². The van der Waals surface area contributed by atoms with Crippen LogP contribution in [0.5, 0.6) is 5.75 Å². The molecular formula is C33H34Cl2N6O3. The molecule has 5 aromatic rings. The summed E-state index contributed by atoms with van der Waals surface area (Å²) < 4.78 is 23.2. The summed E-state index contributed by atoms with van der Waals surface area (Å²) in [6, 6.07) is 22.0. The van der Waals surface area contributed by atoms with Crippen LogP contribution in [0.1, 0.15) is 12.5 Å². The lowest BCUT2D eigenvalue weighted by atomic mass is 10.1. The number of hydrogen-bond acceptors (Lipinski definition) is 7. The highest BCUT2D eigenvalue weighted by atomic mass is 35.5. The van der Waals surface area contributed by atoms with Crippen LogP contribution in [0.25, 0.3) is 11.0 Å². The molecule has 3 aromatic carbocycles. The summed E-state index contributed by atoms with van der Waals surface area (Å²) in [6.45, 7) is 7.85. The molecule has 2 saturated heterocycles. The number of aromatic nitrogens is 4. The van der Waals surface area contributed by atoms with Crippen molar-refractivity contribution in [1.29, 1.82) is 0 Å². The van der Waals surface area contributed by atoms with Gasteiger partial charge in [-0.15, -0.1) is 0 Å². The molecule has 0 saturated carbocycles. The largest absolute Gasteiger partial charge is 0.491 e. The molecule has 7 rings (SSSR count). The van der Waals surface area contributed by atoms with Crippen molar-refractivity contribution in [2.24, 2.45) is 0 Å². The zero-order chi connectivity index (χ0) is 30.1. The van der Waals surface area contributed by atoms with E-state index in [0.717, 1.165) is 55.5 Å². The minimum Gasteiger partial charge on any atom is -0.491 e. The Hall–Kier alpha value is -3.76. The number of halogens is 2. The van der Waals surface area contributed by atoms with Crippen LogP contribution in [-0.2, 0) is 28.4 Å². The van der Waals surface area contributed by atoms with E-state index in [1.165, 1.54) is 11.2 Å². The zero-order valence-corrected chi connectivity index (χ0v) is 26.0. The third-order valence-electron chi connectivity index (χ3n) is 8.30. The third-order valence-corrected chi connectivity index (χ3v) is 8.85. The van der Waals surface area contributed by atoms with Gasteiger partial charge in [0.25, 0.3) is 0 Å². The van der Waals surface area contributed by atoms with Crippen molar-refractivity contribution in [2.75, 3.05) is 49.2 Å². The van der Waals surface area contributed by atoms with Gasteiger partial charge in [-0.3, -0.25) is 0 Å². The van der Waals surface area contributed by atoms with Crippen LogP contribution in [0.4, 0.5) is 11.6 Å². The van der Waals surface area contributed by atoms with Gasteiger partial charge in [-0.1, -0.05) is 41.4 Å². The minimum atomic E-state index is -1.08. The lowest BCUT2D eigenvalue weighted by Gasteiger charge is -2.36. The Balaban J connectivity index is 0.966. The second-order valence-electron chi connectivity index (χ2n) is 11.1. The van der Waals surface area contributed by atoms with Gasteiger partial charge in [0.05, 0.1) is 35.5 Å². The minimum absolute atomic E-state index is 0.287. The van der Waals surface area contributed by atoms with Gasteiger partial charge in [0.1, 0.15) is 18.5 Å². The normalized spacial score (nSPS) is 20.5. The van der Waals surface area contributed by atoms with Crippen molar-refractivity contribution in [2.45, 2.75) is 31.9 Å². The number of ether oxygens (including phenoxy) is 3. The molecule has 9 nitrogen and oxygen atoms in total. The number of imidazole rings is 2. The number of piperazine rings is 1. The van der Waals surface area contributed by atoms with E-state index >= 15 is 0 Å². The molecule has 228 valence electrons. The molecule has 0 spiro atoms. The van der Waals surface area contributed by atoms with Crippen LogP contribution in [0.3, 0.4) is 0 Å². The Morgan fingerprint density at radius 3 is 2.52 bits per heavy atom. The highest BCUT2D eigenvalue weighted by molar-refractivity contribution is 6.35. The van der Waals surface area contributed by atoms with Gasteiger partial charge in [-0.25, -0.2) is 9.97 Å². The number of nitrogens with zero attached hydrogens (tertiary/aromatic N) is 6. The quantitative estimate of drug-likeness (QED) is 0.191. The SMILES string of the molecule is CCn1c(N2CCN(c3ccc(OCC4COC(Cn5ccnc5)(c5ccc(Cl)cc5Cl)O4)cc3)CC2)nc2ccccc21. The molecule has 0 aliphatic carbocycles. The van der Waals surface area contributed by atoms with Gasteiger partial charge in [-0.05, 0) is 55.5 Å². The van der Waals surface area contributed by atoms with E-state index in [1.807, 2.05) is 35.0 Å². The number of hydrogen-bond donors (Lipinski definition) is 0. The first-order valence-corrected chi connectivity index (χ1v) is 15.7. The molecule has 4 heterocycles. The van der Waals surface area contributed by atoms with Crippen molar-refractivity contribution in [1.82, 2.24) is 19.1 Å². The molecule has 2 unspecified atom stereocenters. The van der Waals surface area contributed by atoms with Crippen molar-refractivity contribution in [3.05, 3.63) is 101 Å². The fourth-order valence-corrected chi connectivity index (χ4v) is 6.65. The Morgan fingerprint density at radius 1 is 0.977 bits per heavy atom. The van der Waals surface area contributed by atoms with Crippen LogP contribution < -0.4 is 14.5 Å². The smallest absolute Gasteiger partial charge is 0.215 e. The van der Waals surface area contributed by atoms with Crippen LogP contribution in [-0.4, -0.2) is 64.6 Å². The average Bonchev–Trinajstić information content (AvgIpc) is 3.80. The third kappa shape index (κ3) is 5.73. The first kappa shape index (κ1) is 29.0. The van der Waals surface area contributed by atoms with Gasteiger partial charge < -0.3 is 33.1 Å². The predicted octanol–water partition coefficient (Wildman–Crippen LogP) is 6.23. The number of rotatable bonds is 9. The lowest BCUT2D eigenvalue weighted by molar-refractivity contribution is -0.189. The Labute approximate surface area is 266 Å². The molecule has 0 radical (unpaired) electrons. The average molecular weight is 634 g/mol. The fourth-order valence-electron chi connectivity index (χ4n) is 6.10. The monoisotopic (exact) mass is 632 g/mol. The van der Waals surface area contributed by atoms with Gasteiger partial charge in [0, 0.05) is 61.4 Å². The number of aryl methyl sites for hydroxylation is 1. The Kier molecular flexibility index (Phi) is 8.12. The molecular weight excluding hydrogens is 599 g/mol. The highest BCUT2D eigenvalue weighted by Crippen LogP contribution is 2.40. The summed E-state index contributed by atoms with van der Waals surface area (Å²) in [7, 11) is 0. The zero-order valence-electron chi connectivity index (χ0n) is 24.5.